The van der Waals surface area contributed by atoms with Crippen molar-refractivity contribution in [2.75, 3.05) is 0 Å². The molecule has 14 nitrogen and oxygen atoms in total. The molecule has 0 bridgehead atoms. The summed E-state index contributed by atoms with van der Waals surface area (Å²) >= 11 is 0. The number of aliphatic hydroxyl groups is 2. The van der Waals surface area contributed by atoms with Crippen LogP contribution in [0.15, 0.2) is 57.7 Å². The van der Waals surface area contributed by atoms with E-state index >= 15 is 0 Å². The van der Waals surface area contributed by atoms with E-state index in [1.165, 1.54) is 31.2 Å². The van der Waals surface area contributed by atoms with Crippen molar-refractivity contribution in [3.05, 3.63) is 64.3 Å². The van der Waals surface area contributed by atoms with E-state index in [1.807, 2.05) is 0 Å². The van der Waals surface area contributed by atoms with Crippen molar-refractivity contribution in [3.63, 3.8) is 0 Å². The van der Waals surface area contributed by atoms with Crippen LogP contribution in [0.5, 0.6) is 40.2 Å². The van der Waals surface area contributed by atoms with Crippen LogP contribution in [-0.4, -0.2) is 77.5 Å². The molecule has 5 atom stereocenters. The number of benzene rings is 3. The van der Waals surface area contributed by atoms with Gasteiger partial charge in [0.25, 0.3) is 0 Å². The molecule has 1 unspecified atom stereocenters. The number of ether oxygens (including phenoxy) is 3. The first-order valence-electron chi connectivity index (χ1n) is 12.3. The molecule has 5 rings (SSSR count). The summed E-state index contributed by atoms with van der Waals surface area (Å²) in [7, 11) is 0. The van der Waals surface area contributed by atoms with E-state index in [0.29, 0.717) is 0 Å². The predicted molar refractivity (Wildman–Crippen MR) is 141 cm³/mol. The lowest BCUT2D eigenvalue weighted by Crippen LogP contribution is -2.60. The number of fused-ring (bicyclic) bond motifs is 1. The highest BCUT2D eigenvalue weighted by Gasteiger charge is 2.47. The largest absolute Gasteiger partial charge is 0.508 e. The van der Waals surface area contributed by atoms with Crippen LogP contribution < -0.4 is 10.2 Å². The van der Waals surface area contributed by atoms with Gasteiger partial charge in [-0.3, -0.25) is 4.79 Å². The smallest absolute Gasteiger partial charge is 0.339 e. The summed E-state index contributed by atoms with van der Waals surface area (Å²) in [6.07, 6.45) is -8.15. The van der Waals surface area contributed by atoms with Crippen molar-refractivity contribution in [1.82, 2.24) is 0 Å². The summed E-state index contributed by atoms with van der Waals surface area (Å²) in [5.41, 5.74) is -1.44. The minimum atomic E-state index is -1.84. The van der Waals surface area contributed by atoms with Crippen molar-refractivity contribution < 1.29 is 64.3 Å². The number of aromatic hydroxyl groups is 6. The molecule has 220 valence electrons. The first-order valence-corrected chi connectivity index (χ1v) is 12.3. The Morgan fingerprint density at radius 2 is 1.48 bits per heavy atom. The molecule has 1 aromatic heterocycles. The lowest BCUT2D eigenvalue weighted by atomic mass is 9.99. The van der Waals surface area contributed by atoms with Crippen LogP contribution in [0.2, 0.25) is 0 Å². The predicted octanol–water partition coefficient (Wildman–Crippen LogP) is 1.76. The number of carbonyl (C=O) groups excluding carboxylic acids is 1. The Morgan fingerprint density at radius 1 is 0.833 bits per heavy atom. The van der Waals surface area contributed by atoms with E-state index in [4.69, 9.17) is 18.6 Å². The molecule has 4 aromatic rings. The standard InChI is InChI=1S/C28H24O14/c1-10-20(34)23(37)26(41-27(38)12-6-16(32)21(35)17(33)7-12)28(39-10)42-25-22(36)19-15(31)8-14(30)9-18(19)40-24(25)11-2-4-13(29)5-3-11/h2-10,20,23,26,28-35,37H,1H3/t10-,20?,23+,26+,28-/m0/s1. The highest BCUT2D eigenvalue weighted by molar-refractivity contribution is 5.91. The molecular weight excluding hydrogens is 560 g/mol. The van der Waals surface area contributed by atoms with Crippen LogP contribution >= 0.6 is 0 Å². The van der Waals surface area contributed by atoms with Crippen molar-refractivity contribution >= 4 is 16.9 Å². The summed E-state index contributed by atoms with van der Waals surface area (Å²) in [6, 6.07) is 8.86. The third-order valence-electron chi connectivity index (χ3n) is 6.61. The summed E-state index contributed by atoms with van der Waals surface area (Å²) in [5, 5.41) is 80.0. The maximum Gasteiger partial charge on any atom is 0.339 e. The summed E-state index contributed by atoms with van der Waals surface area (Å²) < 4.78 is 22.6. The lowest BCUT2D eigenvalue weighted by molar-refractivity contribution is -0.267. The van der Waals surface area contributed by atoms with Gasteiger partial charge in [0.2, 0.25) is 17.5 Å². The van der Waals surface area contributed by atoms with E-state index in [-0.39, 0.29) is 22.7 Å². The maximum atomic E-state index is 13.6. The zero-order valence-corrected chi connectivity index (χ0v) is 21.5. The average molecular weight is 584 g/mol. The van der Waals surface area contributed by atoms with E-state index < -0.39 is 87.6 Å². The van der Waals surface area contributed by atoms with Gasteiger partial charge in [-0.2, -0.15) is 0 Å². The number of phenols is 6. The van der Waals surface area contributed by atoms with Gasteiger partial charge in [-0.1, -0.05) is 0 Å². The SMILES string of the molecule is C[C@@H]1O[C@@H](Oc2c(-c3ccc(O)cc3)oc3cc(O)cc(O)c3c2=O)[C@H](OC(=O)c2cc(O)c(O)c(O)c2)[C@H](O)C1O. The monoisotopic (exact) mass is 584 g/mol. The fourth-order valence-corrected chi connectivity index (χ4v) is 4.43. The van der Waals surface area contributed by atoms with Gasteiger partial charge in [-0.25, -0.2) is 4.79 Å². The molecular formula is C28H24O14. The minimum Gasteiger partial charge on any atom is -0.508 e. The molecule has 0 radical (unpaired) electrons. The quantitative estimate of drug-likeness (QED) is 0.123. The van der Waals surface area contributed by atoms with Crippen LogP contribution in [0.25, 0.3) is 22.3 Å². The van der Waals surface area contributed by atoms with Crippen molar-refractivity contribution in [1.29, 1.82) is 0 Å². The molecule has 2 heterocycles. The van der Waals surface area contributed by atoms with Crippen LogP contribution in [0.1, 0.15) is 17.3 Å². The molecule has 1 aliphatic rings. The lowest BCUT2D eigenvalue weighted by Gasteiger charge is -2.40. The summed E-state index contributed by atoms with van der Waals surface area (Å²) in [5.74, 6) is -5.84. The number of hydrogen-bond acceptors (Lipinski definition) is 14. The zero-order chi connectivity index (χ0) is 30.5. The van der Waals surface area contributed by atoms with Gasteiger partial charge in [0, 0.05) is 17.7 Å². The second-order valence-corrected chi connectivity index (χ2v) is 9.52. The van der Waals surface area contributed by atoms with Gasteiger partial charge in [0.1, 0.15) is 40.4 Å². The molecule has 42 heavy (non-hydrogen) atoms. The fraction of sp³-hybridized carbons (Fsp3) is 0.214. The van der Waals surface area contributed by atoms with E-state index in [2.05, 4.69) is 0 Å². The van der Waals surface area contributed by atoms with Crippen molar-refractivity contribution in [2.45, 2.75) is 37.6 Å². The van der Waals surface area contributed by atoms with Gasteiger partial charge in [0.15, 0.2) is 29.1 Å². The summed E-state index contributed by atoms with van der Waals surface area (Å²) in [6.45, 7) is 1.37. The molecule has 8 N–H and O–H groups in total. The van der Waals surface area contributed by atoms with Crippen molar-refractivity contribution in [2.24, 2.45) is 0 Å². The molecule has 0 amide bonds. The first kappa shape index (κ1) is 28.4. The Kier molecular flexibility index (Phi) is 7.20. The molecule has 1 aliphatic heterocycles. The van der Waals surface area contributed by atoms with Gasteiger partial charge < -0.3 is 59.5 Å². The number of esters is 1. The Morgan fingerprint density at radius 3 is 2.12 bits per heavy atom. The van der Waals surface area contributed by atoms with E-state index in [1.54, 1.807) is 0 Å². The minimum absolute atomic E-state index is 0.112. The Balaban J connectivity index is 1.60. The van der Waals surface area contributed by atoms with Crippen LogP contribution in [0, 0.1) is 0 Å². The highest BCUT2D eigenvalue weighted by Crippen LogP contribution is 2.39. The number of rotatable bonds is 5. The van der Waals surface area contributed by atoms with Gasteiger partial charge in [-0.05, 0) is 43.3 Å². The molecule has 1 saturated heterocycles. The molecule has 0 aliphatic carbocycles. The molecule has 3 aromatic carbocycles. The summed E-state index contributed by atoms with van der Waals surface area (Å²) in [4.78, 5) is 26.6. The molecule has 14 heteroatoms. The Labute approximate surface area is 235 Å². The van der Waals surface area contributed by atoms with Gasteiger partial charge in [-0.15, -0.1) is 0 Å². The number of phenolic OH excluding ortho intramolecular Hbond substituents is 6. The van der Waals surface area contributed by atoms with Gasteiger partial charge in [0.05, 0.1) is 11.7 Å². The average Bonchev–Trinajstić information content (AvgIpc) is 2.93. The highest BCUT2D eigenvalue weighted by atomic mass is 16.7. The second kappa shape index (κ2) is 10.7. The normalized spacial score (nSPS) is 22.1. The maximum absolute atomic E-state index is 13.6. The van der Waals surface area contributed by atoms with Crippen LogP contribution in [0.3, 0.4) is 0 Å². The Hall–Kier alpha value is -5.18. The van der Waals surface area contributed by atoms with Gasteiger partial charge >= 0.3 is 5.97 Å². The molecule has 0 saturated carbocycles. The first-order chi connectivity index (χ1) is 19.8. The number of hydrogen-bond donors (Lipinski definition) is 8. The van der Waals surface area contributed by atoms with Crippen LogP contribution in [0.4, 0.5) is 0 Å². The number of carbonyl (C=O) groups is 1. The van der Waals surface area contributed by atoms with Crippen LogP contribution in [-0.2, 0) is 9.47 Å². The van der Waals surface area contributed by atoms with E-state index in [0.717, 1.165) is 24.3 Å². The topological polar surface area (TPSA) is 237 Å². The molecule has 1 fully saturated rings. The Bertz CT molecular complexity index is 1700. The fourth-order valence-electron chi connectivity index (χ4n) is 4.43. The zero-order valence-electron chi connectivity index (χ0n) is 21.5. The third kappa shape index (κ3) is 5.05. The molecule has 0 spiro atoms. The van der Waals surface area contributed by atoms with E-state index in [9.17, 15) is 50.4 Å². The third-order valence-corrected chi connectivity index (χ3v) is 6.61. The second-order valence-electron chi connectivity index (χ2n) is 9.52. The number of aliphatic hydroxyl groups excluding tert-OH is 2. The van der Waals surface area contributed by atoms with Crippen molar-refractivity contribution in [3.8, 4) is 51.6 Å².